The Balaban J connectivity index is 2.17. The molecule has 0 fully saturated rings. The normalized spacial score (nSPS) is 10.8. The average molecular weight is 272 g/mol. The number of thiophene rings is 1. The van der Waals surface area contributed by atoms with Crippen LogP contribution in [0.5, 0.6) is 0 Å². The Bertz CT molecular complexity index is 744. The molecule has 0 bridgehead atoms. The zero-order chi connectivity index (χ0) is 13.4. The molecule has 2 aromatic carbocycles. The first kappa shape index (κ1) is 11.9. The van der Waals surface area contributed by atoms with Crippen molar-refractivity contribution in [3.05, 3.63) is 59.9 Å². The third kappa shape index (κ3) is 2.22. The van der Waals surface area contributed by atoms with Gasteiger partial charge < -0.3 is 5.11 Å². The van der Waals surface area contributed by atoms with Crippen molar-refractivity contribution in [3.63, 3.8) is 0 Å². The molecule has 2 nitrogen and oxygen atoms in total. The number of hydrogen-bond acceptors (Lipinski definition) is 2. The van der Waals surface area contributed by atoms with Crippen molar-refractivity contribution in [2.24, 2.45) is 0 Å². The second-order valence-corrected chi connectivity index (χ2v) is 5.27. The highest BCUT2D eigenvalue weighted by Gasteiger charge is 2.10. The fraction of sp³-hybridized carbons (Fsp3) is 0. The molecule has 0 unspecified atom stereocenters. The molecule has 0 aliphatic rings. The lowest BCUT2D eigenvalue weighted by Gasteiger charge is -2.00. The van der Waals surface area contributed by atoms with Crippen molar-refractivity contribution in [1.82, 2.24) is 0 Å². The lowest BCUT2D eigenvalue weighted by Crippen LogP contribution is -1.97. The quantitative estimate of drug-likeness (QED) is 0.750. The summed E-state index contributed by atoms with van der Waals surface area (Å²) in [6.07, 6.45) is 0. The molecule has 0 amide bonds. The second-order valence-electron chi connectivity index (χ2n) is 4.18. The van der Waals surface area contributed by atoms with Gasteiger partial charge in [-0.05, 0) is 41.3 Å². The van der Waals surface area contributed by atoms with Crippen LogP contribution in [0.1, 0.15) is 10.4 Å². The van der Waals surface area contributed by atoms with Crippen LogP contribution >= 0.6 is 11.3 Å². The molecule has 0 atom stereocenters. The van der Waals surface area contributed by atoms with Gasteiger partial charge in [0.05, 0.1) is 5.56 Å². The molecule has 94 valence electrons. The van der Waals surface area contributed by atoms with Crippen LogP contribution in [0.2, 0.25) is 0 Å². The Morgan fingerprint density at radius 2 is 1.89 bits per heavy atom. The van der Waals surface area contributed by atoms with E-state index in [4.69, 9.17) is 5.11 Å². The van der Waals surface area contributed by atoms with E-state index in [1.165, 1.54) is 23.5 Å². The number of hydrogen-bond donors (Lipinski definition) is 1. The zero-order valence-corrected chi connectivity index (χ0v) is 10.6. The molecule has 19 heavy (non-hydrogen) atoms. The first-order valence-corrected chi connectivity index (χ1v) is 6.48. The lowest BCUT2D eigenvalue weighted by molar-refractivity contribution is 0.0696. The van der Waals surface area contributed by atoms with E-state index in [1.807, 2.05) is 30.3 Å². The lowest BCUT2D eigenvalue weighted by atomic mass is 10.1. The highest BCUT2D eigenvalue weighted by atomic mass is 32.1. The van der Waals surface area contributed by atoms with Gasteiger partial charge in [-0.15, -0.1) is 11.3 Å². The maximum Gasteiger partial charge on any atom is 0.335 e. The number of benzene rings is 2. The number of aromatic carboxylic acids is 1. The van der Waals surface area contributed by atoms with Gasteiger partial charge >= 0.3 is 5.97 Å². The third-order valence-electron chi connectivity index (χ3n) is 2.85. The zero-order valence-electron chi connectivity index (χ0n) is 9.76. The van der Waals surface area contributed by atoms with E-state index in [1.54, 1.807) is 0 Å². The van der Waals surface area contributed by atoms with E-state index < -0.39 is 11.8 Å². The van der Waals surface area contributed by atoms with E-state index in [2.05, 4.69) is 0 Å². The van der Waals surface area contributed by atoms with Gasteiger partial charge in [0.25, 0.3) is 0 Å². The summed E-state index contributed by atoms with van der Waals surface area (Å²) in [5.41, 5.74) is 0.561. The molecule has 0 aliphatic heterocycles. The summed E-state index contributed by atoms with van der Waals surface area (Å²) >= 11 is 1.52. The Morgan fingerprint density at radius 1 is 1.11 bits per heavy atom. The maximum absolute atomic E-state index is 13.5. The first-order valence-electron chi connectivity index (χ1n) is 5.66. The number of carbonyl (C=O) groups is 1. The summed E-state index contributed by atoms with van der Waals surface area (Å²) in [6.45, 7) is 0. The summed E-state index contributed by atoms with van der Waals surface area (Å²) < 4.78 is 14.6. The molecule has 4 heteroatoms. The Morgan fingerprint density at radius 3 is 2.63 bits per heavy atom. The van der Waals surface area contributed by atoms with E-state index in [9.17, 15) is 9.18 Å². The second kappa shape index (κ2) is 4.48. The predicted molar refractivity (Wildman–Crippen MR) is 74.2 cm³/mol. The van der Waals surface area contributed by atoms with Gasteiger partial charge in [-0.1, -0.05) is 18.2 Å². The summed E-state index contributed by atoms with van der Waals surface area (Å²) in [5.74, 6) is -1.66. The number of carboxylic acids is 1. The number of carboxylic acid groups (broad SMARTS) is 1. The molecular weight excluding hydrogens is 263 g/mol. The van der Waals surface area contributed by atoms with Crippen molar-refractivity contribution in [3.8, 4) is 10.4 Å². The van der Waals surface area contributed by atoms with Gasteiger partial charge in [0.2, 0.25) is 0 Å². The van der Waals surface area contributed by atoms with E-state index in [-0.39, 0.29) is 5.56 Å². The van der Waals surface area contributed by atoms with Gasteiger partial charge in [-0.25, -0.2) is 9.18 Å². The van der Waals surface area contributed by atoms with Crippen LogP contribution in [0.15, 0.2) is 48.5 Å². The van der Waals surface area contributed by atoms with Gasteiger partial charge in [-0.3, -0.25) is 0 Å². The van der Waals surface area contributed by atoms with Crippen molar-refractivity contribution >= 4 is 27.4 Å². The summed E-state index contributed by atoms with van der Waals surface area (Å²) in [6, 6.07) is 13.7. The SMILES string of the molecule is O=C(O)c1cc(F)cc(-c2cc3ccccc3s2)c1. The molecule has 0 saturated heterocycles. The summed E-state index contributed by atoms with van der Waals surface area (Å²) in [4.78, 5) is 11.8. The number of halogens is 1. The molecule has 0 radical (unpaired) electrons. The van der Waals surface area contributed by atoms with Crippen LogP contribution in [0.25, 0.3) is 20.5 Å². The monoisotopic (exact) mass is 272 g/mol. The third-order valence-corrected chi connectivity index (χ3v) is 4.02. The molecule has 1 heterocycles. The van der Waals surface area contributed by atoms with E-state index >= 15 is 0 Å². The topological polar surface area (TPSA) is 37.3 Å². The van der Waals surface area contributed by atoms with Crippen molar-refractivity contribution in [2.45, 2.75) is 0 Å². The Hall–Kier alpha value is -2.20. The van der Waals surface area contributed by atoms with Crippen LogP contribution in [0, 0.1) is 5.82 Å². The predicted octanol–water partition coefficient (Wildman–Crippen LogP) is 4.41. The van der Waals surface area contributed by atoms with E-state index in [0.29, 0.717) is 5.56 Å². The van der Waals surface area contributed by atoms with Crippen LogP contribution in [0.3, 0.4) is 0 Å². The maximum atomic E-state index is 13.5. The standard InChI is InChI=1S/C15H9FO2S/c16-12-6-10(5-11(7-12)15(17)18)14-8-9-3-1-2-4-13(9)19-14/h1-8H,(H,17,18). The molecule has 1 aromatic heterocycles. The molecular formula is C15H9FO2S. The highest BCUT2D eigenvalue weighted by Crippen LogP contribution is 2.34. The van der Waals surface area contributed by atoms with Crippen LogP contribution in [-0.2, 0) is 0 Å². The summed E-state index contributed by atoms with van der Waals surface area (Å²) in [5, 5.41) is 10.0. The molecule has 0 saturated carbocycles. The molecule has 0 spiro atoms. The first-order chi connectivity index (χ1) is 9.13. The largest absolute Gasteiger partial charge is 0.478 e. The van der Waals surface area contributed by atoms with Gasteiger partial charge in [0.1, 0.15) is 5.82 Å². The van der Waals surface area contributed by atoms with Crippen molar-refractivity contribution in [1.29, 1.82) is 0 Å². The number of rotatable bonds is 2. The molecule has 3 aromatic rings. The Labute approximate surface area is 112 Å². The fourth-order valence-corrected chi connectivity index (χ4v) is 3.03. The molecule has 1 N–H and O–H groups in total. The number of fused-ring (bicyclic) bond motifs is 1. The minimum absolute atomic E-state index is 0.0348. The van der Waals surface area contributed by atoms with Crippen molar-refractivity contribution < 1.29 is 14.3 Å². The smallest absolute Gasteiger partial charge is 0.335 e. The fourth-order valence-electron chi connectivity index (χ4n) is 1.98. The Kier molecular flexibility index (Phi) is 2.80. The van der Waals surface area contributed by atoms with Gasteiger partial charge in [0.15, 0.2) is 0 Å². The van der Waals surface area contributed by atoms with Gasteiger partial charge in [-0.2, -0.15) is 0 Å². The highest BCUT2D eigenvalue weighted by molar-refractivity contribution is 7.22. The minimum Gasteiger partial charge on any atom is -0.478 e. The average Bonchev–Trinajstić information content (AvgIpc) is 2.81. The summed E-state index contributed by atoms with van der Waals surface area (Å²) in [7, 11) is 0. The van der Waals surface area contributed by atoms with Crippen LogP contribution in [-0.4, -0.2) is 11.1 Å². The van der Waals surface area contributed by atoms with Gasteiger partial charge in [0, 0.05) is 9.58 Å². The van der Waals surface area contributed by atoms with E-state index in [0.717, 1.165) is 21.0 Å². The van der Waals surface area contributed by atoms with Crippen LogP contribution < -0.4 is 0 Å². The van der Waals surface area contributed by atoms with Crippen molar-refractivity contribution in [2.75, 3.05) is 0 Å². The molecule has 3 rings (SSSR count). The minimum atomic E-state index is -1.12. The molecule has 0 aliphatic carbocycles. The van der Waals surface area contributed by atoms with Crippen LogP contribution in [0.4, 0.5) is 4.39 Å².